The van der Waals surface area contributed by atoms with Gasteiger partial charge in [-0.15, -0.1) is 0 Å². The lowest BCUT2D eigenvalue weighted by Gasteiger charge is -2.46. The highest BCUT2D eigenvalue weighted by Crippen LogP contribution is 2.40. The fourth-order valence-corrected chi connectivity index (χ4v) is 4.10. The number of hydrogen-bond acceptors (Lipinski definition) is 3. The van der Waals surface area contributed by atoms with Crippen LogP contribution in [-0.4, -0.2) is 54.5 Å². The summed E-state index contributed by atoms with van der Waals surface area (Å²) in [6.07, 6.45) is 2.31. The number of halogens is 1. The van der Waals surface area contributed by atoms with E-state index in [4.69, 9.17) is 0 Å². The maximum Gasteiger partial charge on any atom is 0.238 e. The van der Waals surface area contributed by atoms with Crippen molar-refractivity contribution in [3.05, 3.63) is 66.0 Å². The minimum Gasteiger partial charge on any atom is -0.325 e. The van der Waals surface area contributed by atoms with Crippen molar-refractivity contribution in [1.82, 2.24) is 9.80 Å². The number of amides is 1. The molecule has 4 nitrogen and oxygen atoms in total. The summed E-state index contributed by atoms with van der Waals surface area (Å²) in [6.45, 7) is 4.34. The van der Waals surface area contributed by atoms with E-state index in [9.17, 15) is 9.18 Å². The highest BCUT2D eigenvalue weighted by molar-refractivity contribution is 5.92. The highest BCUT2D eigenvalue weighted by Gasteiger charge is 2.35. The van der Waals surface area contributed by atoms with Gasteiger partial charge in [0.15, 0.2) is 0 Å². The number of carbonyl (C=O) groups excluding carboxylic acids is 1. The van der Waals surface area contributed by atoms with E-state index in [0.29, 0.717) is 18.5 Å². The third-order valence-electron chi connectivity index (χ3n) is 5.80. The van der Waals surface area contributed by atoms with Gasteiger partial charge in [-0.3, -0.25) is 14.6 Å². The topological polar surface area (TPSA) is 35.6 Å². The first-order valence-electron chi connectivity index (χ1n) is 9.74. The van der Waals surface area contributed by atoms with Crippen molar-refractivity contribution in [1.29, 1.82) is 0 Å². The largest absolute Gasteiger partial charge is 0.325 e. The molecule has 27 heavy (non-hydrogen) atoms. The molecule has 1 N–H and O–H groups in total. The van der Waals surface area contributed by atoms with Gasteiger partial charge in [0.1, 0.15) is 5.82 Å². The van der Waals surface area contributed by atoms with Crippen LogP contribution in [0.5, 0.6) is 0 Å². The Morgan fingerprint density at radius 2 is 1.63 bits per heavy atom. The van der Waals surface area contributed by atoms with Gasteiger partial charge >= 0.3 is 0 Å². The number of rotatable bonds is 5. The van der Waals surface area contributed by atoms with Crippen molar-refractivity contribution < 1.29 is 9.18 Å². The van der Waals surface area contributed by atoms with Crippen molar-refractivity contribution in [2.24, 2.45) is 0 Å². The van der Waals surface area contributed by atoms with E-state index < -0.39 is 0 Å². The van der Waals surface area contributed by atoms with Crippen molar-refractivity contribution in [2.75, 3.05) is 38.0 Å². The summed E-state index contributed by atoms with van der Waals surface area (Å²) in [7, 11) is 0. The predicted molar refractivity (Wildman–Crippen MR) is 105 cm³/mol. The molecule has 1 saturated heterocycles. The molecule has 1 heterocycles. The lowest BCUT2D eigenvalue weighted by molar-refractivity contribution is -0.117. The standard InChI is InChI=1S/C22H26FN3O/c23-19-8-6-17(7-9-19)18-14-21(15-18)26-12-10-25(11-13-26)16-22(27)24-20-4-2-1-3-5-20/h1-9,18,21H,10-16H2,(H,24,27). The second-order valence-electron chi connectivity index (χ2n) is 7.60. The van der Waals surface area contributed by atoms with Gasteiger partial charge in [0.05, 0.1) is 6.54 Å². The van der Waals surface area contributed by atoms with Gasteiger partial charge in [0.2, 0.25) is 5.91 Å². The van der Waals surface area contributed by atoms with E-state index >= 15 is 0 Å². The van der Waals surface area contributed by atoms with Crippen LogP contribution in [0, 0.1) is 5.82 Å². The van der Waals surface area contributed by atoms with E-state index in [0.717, 1.165) is 44.7 Å². The molecule has 1 saturated carbocycles. The molecule has 4 rings (SSSR count). The molecule has 1 amide bonds. The van der Waals surface area contributed by atoms with Crippen LogP contribution in [0.15, 0.2) is 54.6 Å². The summed E-state index contributed by atoms with van der Waals surface area (Å²) < 4.78 is 13.0. The summed E-state index contributed by atoms with van der Waals surface area (Å²) in [4.78, 5) is 17.0. The fourth-order valence-electron chi connectivity index (χ4n) is 4.10. The van der Waals surface area contributed by atoms with Crippen molar-refractivity contribution in [3.8, 4) is 0 Å². The number of piperazine rings is 1. The Morgan fingerprint density at radius 1 is 0.963 bits per heavy atom. The van der Waals surface area contributed by atoms with E-state index in [-0.39, 0.29) is 11.7 Å². The Kier molecular flexibility index (Phi) is 5.50. The van der Waals surface area contributed by atoms with Gasteiger partial charge in [-0.1, -0.05) is 30.3 Å². The molecule has 0 bridgehead atoms. The zero-order valence-corrected chi connectivity index (χ0v) is 15.5. The van der Waals surface area contributed by atoms with Gasteiger partial charge in [-0.05, 0) is 48.6 Å². The van der Waals surface area contributed by atoms with Gasteiger partial charge in [-0.2, -0.15) is 0 Å². The van der Waals surface area contributed by atoms with Gasteiger partial charge < -0.3 is 5.32 Å². The molecule has 0 aromatic heterocycles. The zero-order valence-electron chi connectivity index (χ0n) is 15.5. The Bertz CT molecular complexity index is 751. The summed E-state index contributed by atoms with van der Waals surface area (Å²) >= 11 is 0. The first-order chi connectivity index (χ1) is 13.2. The number of hydrogen-bond donors (Lipinski definition) is 1. The monoisotopic (exact) mass is 367 g/mol. The van der Waals surface area contributed by atoms with Crippen LogP contribution in [0.2, 0.25) is 0 Å². The molecule has 1 aliphatic carbocycles. The highest BCUT2D eigenvalue weighted by atomic mass is 19.1. The molecule has 2 aromatic rings. The van der Waals surface area contributed by atoms with Crippen molar-refractivity contribution >= 4 is 11.6 Å². The summed E-state index contributed by atoms with van der Waals surface area (Å²) in [5, 5.41) is 2.95. The predicted octanol–water partition coefficient (Wildman–Crippen LogP) is 3.33. The molecular weight excluding hydrogens is 341 g/mol. The zero-order chi connectivity index (χ0) is 18.6. The van der Waals surface area contributed by atoms with Crippen LogP contribution in [0.25, 0.3) is 0 Å². The smallest absolute Gasteiger partial charge is 0.238 e. The average Bonchev–Trinajstić information content (AvgIpc) is 2.64. The maximum atomic E-state index is 13.0. The summed E-state index contributed by atoms with van der Waals surface area (Å²) in [5.74, 6) is 0.446. The van der Waals surface area contributed by atoms with E-state index in [1.54, 1.807) is 12.1 Å². The molecule has 5 heteroatoms. The molecule has 2 aromatic carbocycles. The minimum atomic E-state index is -0.165. The van der Waals surface area contributed by atoms with Crippen LogP contribution in [0.4, 0.5) is 10.1 Å². The lowest BCUT2D eigenvalue weighted by atomic mass is 9.75. The van der Waals surface area contributed by atoms with Crippen LogP contribution < -0.4 is 5.32 Å². The molecule has 0 atom stereocenters. The number of para-hydroxylation sites is 1. The van der Waals surface area contributed by atoms with Crippen LogP contribution in [-0.2, 0) is 4.79 Å². The van der Waals surface area contributed by atoms with Crippen LogP contribution in [0.1, 0.15) is 24.3 Å². The van der Waals surface area contributed by atoms with Gasteiger partial charge in [-0.25, -0.2) is 4.39 Å². The van der Waals surface area contributed by atoms with E-state index in [2.05, 4.69) is 15.1 Å². The van der Waals surface area contributed by atoms with Crippen LogP contribution >= 0.6 is 0 Å². The fraction of sp³-hybridized carbons (Fsp3) is 0.409. The molecule has 142 valence electrons. The molecule has 0 spiro atoms. The molecule has 1 aliphatic heterocycles. The Hall–Kier alpha value is -2.24. The van der Waals surface area contributed by atoms with Crippen molar-refractivity contribution in [3.63, 3.8) is 0 Å². The number of benzene rings is 2. The van der Waals surface area contributed by atoms with E-state index in [1.165, 1.54) is 5.56 Å². The normalized spacial score (nSPS) is 23.6. The molecule has 2 fully saturated rings. The van der Waals surface area contributed by atoms with Gasteiger partial charge in [0.25, 0.3) is 0 Å². The number of nitrogens with zero attached hydrogens (tertiary/aromatic N) is 2. The quantitative estimate of drug-likeness (QED) is 0.881. The third kappa shape index (κ3) is 4.54. The summed E-state index contributed by atoms with van der Waals surface area (Å²) in [6, 6.07) is 17.2. The molecule has 0 radical (unpaired) electrons. The maximum absolute atomic E-state index is 13.0. The third-order valence-corrected chi connectivity index (χ3v) is 5.80. The van der Waals surface area contributed by atoms with Gasteiger partial charge in [0, 0.05) is 37.9 Å². The molecule has 2 aliphatic rings. The SMILES string of the molecule is O=C(CN1CCN(C2CC(c3ccc(F)cc3)C2)CC1)Nc1ccccc1. The first kappa shape index (κ1) is 18.1. The number of carbonyl (C=O) groups is 1. The Morgan fingerprint density at radius 3 is 2.30 bits per heavy atom. The minimum absolute atomic E-state index is 0.0506. The number of anilines is 1. The van der Waals surface area contributed by atoms with E-state index in [1.807, 2.05) is 42.5 Å². The Balaban J connectivity index is 1.18. The van der Waals surface area contributed by atoms with Crippen molar-refractivity contribution in [2.45, 2.75) is 24.8 Å². The second-order valence-corrected chi connectivity index (χ2v) is 7.60. The second kappa shape index (κ2) is 8.19. The summed E-state index contributed by atoms with van der Waals surface area (Å²) in [5.41, 5.74) is 2.10. The lowest BCUT2D eigenvalue weighted by Crippen LogP contribution is -2.54. The number of nitrogens with one attached hydrogen (secondary N) is 1. The average molecular weight is 367 g/mol. The first-order valence-corrected chi connectivity index (χ1v) is 9.74. The molecular formula is C22H26FN3O. The Labute approximate surface area is 160 Å². The van der Waals surface area contributed by atoms with Crippen LogP contribution in [0.3, 0.4) is 0 Å². The molecule has 0 unspecified atom stereocenters.